The van der Waals surface area contributed by atoms with Gasteiger partial charge in [0.2, 0.25) is 5.88 Å². The zero-order valence-corrected chi connectivity index (χ0v) is 15.7. The van der Waals surface area contributed by atoms with E-state index in [1.165, 1.54) is 16.9 Å². The fourth-order valence-electron chi connectivity index (χ4n) is 2.76. The number of hydrogen-bond acceptors (Lipinski definition) is 5. The lowest BCUT2D eigenvalue weighted by Crippen LogP contribution is -2.31. The number of aromatic hydroxyl groups is 1. The summed E-state index contributed by atoms with van der Waals surface area (Å²) < 4.78 is 2.42. The largest absolute Gasteiger partial charge is 0.493 e. The molecule has 0 saturated heterocycles. The molecule has 0 aliphatic carbocycles. The van der Waals surface area contributed by atoms with Gasteiger partial charge in [-0.1, -0.05) is 40.2 Å². The highest BCUT2D eigenvalue weighted by atomic mass is 79.9. The van der Waals surface area contributed by atoms with Gasteiger partial charge in [0.15, 0.2) is 5.82 Å². The van der Waals surface area contributed by atoms with Crippen molar-refractivity contribution in [1.29, 1.82) is 0 Å². The number of pyridine rings is 1. The van der Waals surface area contributed by atoms with Crippen molar-refractivity contribution in [1.82, 2.24) is 14.6 Å². The van der Waals surface area contributed by atoms with Gasteiger partial charge in [0.25, 0.3) is 5.56 Å². The molecule has 0 bridgehead atoms. The van der Waals surface area contributed by atoms with Crippen LogP contribution in [0.2, 0.25) is 0 Å². The van der Waals surface area contributed by atoms with Gasteiger partial charge in [-0.05, 0) is 35.9 Å². The molecule has 0 atom stereocenters. The van der Waals surface area contributed by atoms with E-state index in [9.17, 15) is 9.90 Å². The third-order valence-electron chi connectivity index (χ3n) is 4.14. The summed E-state index contributed by atoms with van der Waals surface area (Å²) in [6.45, 7) is 0.450. The minimum absolute atomic E-state index is 0.0868. The standard InChI is InChI=1S/C20H15BrN4O2/c21-15-8-5-13(6-9-15)11-23-25-19(14-7-10-18(26)22-12-14)24-17-4-2-1-3-16(17)20(25)27/h1-10,12,23H,11H2,(H,22,26). The molecule has 27 heavy (non-hydrogen) atoms. The van der Waals surface area contributed by atoms with Crippen LogP contribution in [0.5, 0.6) is 5.88 Å². The Morgan fingerprint density at radius 3 is 2.56 bits per heavy atom. The molecular formula is C20H15BrN4O2. The van der Waals surface area contributed by atoms with E-state index in [-0.39, 0.29) is 11.4 Å². The molecule has 2 N–H and O–H groups in total. The van der Waals surface area contributed by atoms with E-state index < -0.39 is 0 Å². The van der Waals surface area contributed by atoms with Crippen molar-refractivity contribution in [2.75, 3.05) is 5.43 Å². The Bertz CT molecular complexity index is 1160. The molecule has 0 aliphatic rings. The number of nitrogens with one attached hydrogen (secondary N) is 1. The fourth-order valence-corrected chi connectivity index (χ4v) is 3.03. The lowest BCUT2D eigenvalue weighted by atomic mass is 10.2. The first-order valence-corrected chi connectivity index (χ1v) is 9.06. The van der Waals surface area contributed by atoms with Crippen LogP contribution in [0.1, 0.15) is 5.56 Å². The normalized spacial score (nSPS) is 10.9. The highest BCUT2D eigenvalue weighted by molar-refractivity contribution is 9.10. The Balaban J connectivity index is 1.82. The average Bonchev–Trinajstić information content (AvgIpc) is 2.69. The number of para-hydroxylation sites is 1. The molecule has 4 aromatic rings. The van der Waals surface area contributed by atoms with Crippen LogP contribution in [-0.2, 0) is 6.54 Å². The van der Waals surface area contributed by atoms with Crippen molar-refractivity contribution < 1.29 is 5.11 Å². The SMILES string of the molecule is O=c1c2ccccc2nc(-c2ccc(O)nc2)n1NCc1ccc(Br)cc1. The van der Waals surface area contributed by atoms with Crippen LogP contribution in [0.25, 0.3) is 22.3 Å². The maximum absolute atomic E-state index is 13.0. The first-order chi connectivity index (χ1) is 13.1. The van der Waals surface area contributed by atoms with Gasteiger partial charge in [0, 0.05) is 22.3 Å². The maximum Gasteiger partial charge on any atom is 0.280 e. The monoisotopic (exact) mass is 422 g/mol. The van der Waals surface area contributed by atoms with Crippen LogP contribution in [0, 0.1) is 0 Å². The Morgan fingerprint density at radius 2 is 1.81 bits per heavy atom. The topological polar surface area (TPSA) is 80.0 Å². The Hall–Kier alpha value is -3.19. The molecule has 0 saturated carbocycles. The molecular weight excluding hydrogens is 408 g/mol. The number of rotatable bonds is 4. The number of nitrogens with zero attached hydrogens (tertiary/aromatic N) is 3. The summed E-state index contributed by atoms with van der Waals surface area (Å²) in [5, 5.41) is 9.98. The van der Waals surface area contributed by atoms with E-state index in [1.54, 1.807) is 18.2 Å². The molecule has 134 valence electrons. The average molecular weight is 423 g/mol. The summed E-state index contributed by atoms with van der Waals surface area (Å²) in [5.41, 5.74) is 5.21. The molecule has 2 heterocycles. The van der Waals surface area contributed by atoms with Gasteiger partial charge < -0.3 is 10.5 Å². The van der Waals surface area contributed by atoms with Crippen LogP contribution in [0.15, 0.2) is 76.1 Å². The second-order valence-electron chi connectivity index (χ2n) is 5.96. The molecule has 0 amide bonds. The van der Waals surface area contributed by atoms with Crippen molar-refractivity contribution in [2.45, 2.75) is 6.54 Å². The van der Waals surface area contributed by atoms with Gasteiger partial charge in [-0.3, -0.25) is 4.79 Å². The molecule has 0 radical (unpaired) electrons. The maximum atomic E-state index is 13.0. The van der Waals surface area contributed by atoms with Gasteiger partial charge in [0.1, 0.15) is 0 Å². The van der Waals surface area contributed by atoms with Crippen LogP contribution >= 0.6 is 15.9 Å². The number of hydrogen-bond donors (Lipinski definition) is 2. The van der Waals surface area contributed by atoms with Crippen LogP contribution < -0.4 is 11.0 Å². The fraction of sp³-hybridized carbons (Fsp3) is 0.0500. The zero-order valence-electron chi connectivity index (χ0n) is 14.1. The van der Waals surface area contributed by atoms with E-state index in [1.807, 2.05) is 36.4 Å². The first kappa shape index (κ1) is 17.2. The lowest BCUT2D eigenvalue weighted by Gasteiger charge is -2.15. The predicted molar refractivity (Wildman–Crippen MR) is 108 cm³/mol. The lowest BCUT2D eigenvalue weighted by molar-refractivity contribution is 0.453. The molecule has 4 rings (SSSR count). The second-order valence-corrected chi connectivity index (χ2v) is 6.88. The second kappa shape index (κ2) is 7.20. The van der Waals surface area contributed by atoms with E-state index in [2.05, 4.69) is 31.3 Å². The van der Waals surface area contributed by atoms with Crippen molar-refractivity contribution in [3.8, 4) is 17.3 Å². The van der Waals surface area contributed by atoms with E-state index in [4.69, 9.17) is 0 Å². The van der Waals surface area contributed by atoms with Crippen molar-refractivity contribution >= 4 is 26.8 Å². The van der Waals surface area contributed by atoms with Crippen molar-refractivity contribution in [3.63, 3.8) is 0 Å². The van der Waals surface area contributed by atoms with Crippen molar-refractivity contribution in [3.05, 3.63) is 87.3 Å². The molecule has 7 heteroatoms. The van der Waals surface area contributed by atoms with Crippen LogP contribution in [0.4, 0.5) is 0 Å². The summed E-state index contributed by atoms with van der Waals surface area (Å²) in [6.07, 6.45) is 1.49. The summed E-state index contributed by atoms with van der Waals surface area (Å²) in [6, 6.07) is 18.2. The summed E-state index contributed by atoms with van der Waals surface area (Å²) >= 11 is 3.42. The third kappa shape index (κ3) is 3.54. The minimum Gasteiger partial charge on any atom is -0.493 e. The van der Waals surface area contributed by atoms with E-state index in [0.717, 1.165) is 10.0 Å². The van der Waals surface area contributed by atoms with Crippen LogP contribution in [0.3, 0.4) is 0 Å². The Labute approximate surface area is 163 Å². The third-order valence-corrected chi connectivity index (χ3v) is 4.66. The summed E-state index contributed by atoms with van der Waals surface area (Å²) in [5.74, 6) is 0.347. The highest BCUT2D eigenvalue weighted by Crippen LogP contribution is 2.19. The van der Waals surface area contributed by atoms with Gasteiger partial charge in [-0.15, -0.1) is 0 Å². The minimum atomic E-state index is -0.194. The van der Waals surface area contributed by atoms with E-state index in [0.29, 0.717) is 28.8 Å². The number of benzene rings is 2. The molecule has 6 nitrogen and oxygen atoms in total. The molecule has 2 aromatic heterocycles. The highest BCUT2D eigenvalue weighted by Gasteiger charge is 2.13. The summed E-state index contributed by atoms with van der Waals surface area (Å²) in [4.78, 5) is 21.6. The molecule has 0 unspecified atom stereocenters. The van der Waals surface area contributed by atoms with Gasteiger partial charge in [-0.2, -0.15) is 0 Å². The smallest absolute Gasteiger partial charge is 0.280 e. The Kier molecular flexibility index (Phi) is 4.60. The van der Waals surface area contributed by atoms with Gasteiger partial charge in [-0.25, -0.2) is 14.6 Å². The van der Waals surface area contributed by atoms with E-state index >= 15 is 0 Å². The molecule has 0 fully saturated rings. The first-order valence-electron chi connectivity index (χ1n) is 8.27. The van der Waals surface area contributed by atoms with Crippen molar-refractivity contribution in [2.24, 2.45) is 0 Å². The predicted octanol–water partition coefficient (Wildman–Crippen LogP) is 3.67. The van der Waals surface area contributed by atoms with Gasteiger partial charge >= 0.3 is 0 Å². The number of fused-ring (bicyclic) bond motifs is 1. The van der Waals surface area contributed by atoms with Gasteiger partial charge in [0.05, 0.1) is 17.4 Å². The molecule has 0 spiro atoms. The zero-order chi connectivity index (χ0) is 18.8. The van der Waals surface area contributed by atoms with Crippen LogP contribution in [-0.4, -0.2) is 19.8 Å². The summed E-state index contributed by atoms with van der Waals surface area (Å²) in [7, 11) is 0. The number of aromatic nitrogens is 3. The quantitative estimate of drug-likeness (QED) is 0.524. The molecule has 2 aromatic carbocycles. The number of halogens is 1. The Morgan fingerprint density at radius 1 is 1.04 bits per heavy atom. The molecule has 0 aliphatic heterocycles.